The minimum absolute atomic E-state index is 0.660. The molecule has 2 N–H and O–H groups in total. The molecule has 0 radical (unpaired) electrons. The third-order valence-corrected chi connectivity index (χ3v) is 1.09. The Labute approximate surface area is 62.2 Å². The van der Waals surface area contributed by atoms with Crippen molar-refractivity contribution >= 4 is 0 Å². The van der Waals surface area contributed by atoms with Crippen molar-refractivity contribution in [3.05, 3.63) is 48.7 Å². The van der Waals surface area contributed by atoms with Gasteiger partial charge >= 0.3 is 0 Å². The number of hydrogen-bond donors (Lipinski definition) is 1. The molecule has 0 bridgehead atoms. The number of allylic oxidation sites excluding steroid dienone is 4. The van der Waals surface area contributed by atoms with E-state index in [1.165, 1.54) is 0 Å². The van der Waals surface area contributed by atoms with Crippen molar-refractivity contribution in [1.82, 2.24) is 0 Å². The van der Waals surface area contributed by atoms with Crippen LogP contribution in [0.15, 0.2) is 48.7 Å². The van der Waals surface area contributed by atoms with Gasteiger partial charge in [0.25, 0.3) is 0 Å². The van der Waals surface area contributed by atoms with Crippen LogP contribution in [0.25, 0.3) is 0 Å². The van der Waals surface area contributed by atoms with Gasteiger partial charge in [0.05, 0.1) is 0 Å². The second-order valence-corrected chi connectivity index (χ2v) is 1.88. The maximum Gasteiger partial charge on any atom is 0.0381 e. The van der Waals surface area contributed by atoms with Crippen LogP contribution in [0.1, 0.15) is 6.92 Å². The Kier molecular flexibility index (Phi) is 4.05. The highest BCUT2D eigenvalue weighted by molar-refractivity contribution is 5.35. The smallest absolute Gasteiger partial charge is 0.0381 e. The molecule has 0 saturated carbocycles. The molecule has 10 heavy (non-hydrogen) atoms. The molecule has 0 aromatic carbocycles. The van der Waals surface area contributed by atoms with E-state index in [2.05, 4.69) is 13.2 Å². The molecule has 0 aromatic heterocycles. The van der Waals surface area contributed by atoms with Gasteiger partial charge in [0, 0.05) is 5.70 Å². The van der Waals surface area contributed by atoms with Gasteiger partial charge in [-0.1, -0.05) is 31.4 Å². The number of rotatable bonds is 3. The van der Waals surface area contributed by atoms with Crippen LogP contribution in [-0.4, -0.2) is 0 Å². The van der Waals surface area contributed by atoms with Crippen LogP contribution < -0.4 is 5.73 Å². The van der Waals surface area contributed by atoms with E-state index >= 15 is 0 Å². The first-order valence-corrected chi connectivity index (χ1v) is 3.12. The van der Waals surface area contributed by atoms with E-state index in [9.17, 15) is 0 Å². The van der Waals surface area contributed by atoms with Gasteiger partial charge in [0.15, 0.2) is 0 Å². The molecular weight excluding hydrogens is 122 g/mol. The lowest BCUT2D eigenvalue weighted by molar-refractivity contribution is 1.37. The summed E-state index contributed by atoms with van der Waals surface area (Å²) in [6, 6.07) is 0. The summed E-state index contributed by atoms with van der Waals surface area (Å²) in [7, 11) is 0. The van der Waals surface area contributed by atoms with Crippen molar-refractivity contribution in [2.45, 2.75) is 6.92 Å². The maximum absolute atomic E-state index is 5.55. The molecule has 0 aliphatic rings. The van der Waals surface area contributed by atoms with E-state index in [0.717, 1.165) is 5.57 Å². The molecular formula is C9H13N. The Morgan fingerprint density at radius 3 is 2.50 bits per heavy atom. The molecule has 0 spiro atoms. The Morgan fingerprint density at radius 1 is 1.50 bits per heavy atom. The number of hydrogen-bond acceptors (Lipinski definition) is 1. The zero-order valence-electron chi connectivity index (χ0n) is 6.30. The summed E-state index contributed by atoms with van der Waals surface area (Å²) in [5, 5.41) is 0. The molecule has 0 aliphatic carbocycles. The van der Waals surface area contributed by atoms with Crippen LogP contribution in [0.5, 0.6) is 0 Å². The monoisotopic (exact) mass is 135 g/mol. The van der Waals surface area contributed by atoms with Gasteiger partial charge in [-0.05, 0) is 18.6 Å². The van der Waals surface area contributed by atoms with Gasteiger partial charge in [0.1, 0.15) is 0 Å². The molecule has 1 heteroatoms. The predicted molar refractivity (Wildman–Crippen MR) is 46.4 cm³/mol. The SMILES string of the molecule is C=CC(=C)/C(N)=C\C=C/C. The molecule has 0 saturated heterocycles. The average Bonchev–Trinajstić information content (AvgIpc) is 1.98. The molecule has 0 aliphatic heterocycles. The predicted octanol–water partition coefficient (Wildman–Crippen LogP) is 2.15. The highest BCUT2D eigenvalue weighted by Gasteiger charge is 1.87. The largest absolute Gasteiger partial charge is 0.398 e. The van der Waals surface area contributed by atoms with Crippen molar-refractivity contribution in [1.29, 1.82) is 0 Å². The van der Waals surface area contributed by atoms with Crippen LogP contribution in [0, 0.1) is 0 Å². The van der Waals surface area contributed by atoms with Crippen LogP contribution >= 0.6 is 0 Å². The first-order chi connectivity index (χ1) is 4.72. The first kappa shape index (κ1) is 8.76. The normalized spacial score (nSPS) is 11.9. The standard InChI is InChI=1S/C9H13N/c1-4-6-7-9(10)8(3)5-2/h4-7H,2-3,10H2,1H3/b6-4-,9-7+. The second kappa shape index (κ2) is 4.62. The van der Waals surface area contributed by atoms with Crippen LogP contribution in [0.4, 0.5) is 0 Å². The van der Waals surface area contributed by atoms with Crippen molar-refractivity contribution < 1.29 is 0 Å². The molecule has 0 aromatic rings. The van der Waals surface area contributed by atoms with Crippen molar-refractivity contribution in [3.63, 3.8) is 0 Å². The Morgan fingerprint density at radius 2 is 2.10 bits per heavy atom. The van der Waals surface area contributed by atoms with Crippen LogP contribution in [0.2, 0.25) is 0 Å². The Bertz CT molecular complexity index is 185. The van der Waals surface area contributed by atoms with E-state index in [1.54, 1.807) is 12.2 Å². The van der Waals surface area contributed by atoms with Crippen molar-refractivity contribution in [2.75, 3.05) is 0 Å². The fourth-order valence-corrected chi connectivity index (χ4v) is 0.425. The summed E-state index contributed by atoms with van der Waals surface area (Å²) in [4.78, 5) is 0. The topological polar surface area (TPSA) is 26.0 Å². The van der Waals surface area contributed by atoms with Gasteiger partial charge < -0.3 is 5.73 Å². The van der Waals surface area contributed by atoms with Gasteiger partial charge in [0.2, 0.25) is 0 Å². The minimum Gasteiger partial charge on any atom is -0.398 e. The summed E-state index contributed by atoms with van der Waals surface area (Å²) in [6.45, 7) is 9.16. The molecule has 0 amide bonds. The van der Waals surface area contributed by atoms with Crippen molar-refractivity contribution in [2.24, 2.45) is 5.73 Å². The van der Waals surface area contributed by atoms with Gasteiger partial charge in [-0.15, -0.1) is 0 Å². The lowest BCUT2D eigenvalue weighted by Crippen LogP contribution is -1.96. The van der Waals surface area contributed by atoms with Gasteiger partial charge in [-0.3, -0.25) is 0 Å². The molecule has 0 atom stereocenters. The van der Waals surface area contributed by atoms with E-state index in [1.807, 2.05) is 19.1 Å². The lowest BCUT2D eigenvalue weighted by Gasteiger charge is -1.95. The lowest BCUT2D eigenvalue weighted by atomic mass is 10.2. The fraction of sp³-hybridized carbons (Fsp3) is 0.111. The fourth-order valence-electron chi connectivity index (χ4n) is 0.425. The summed E-state index contributed by atoms with van der Waals surface area (Å²) in [5.74, 6) is 0. The number of nitrogens with two attached hydrogens (primary N) is 1. The zero-order valence-corrected chi connectivity index (χ0v) is 6.30. The summed E-state index contributed by atoms with van der Waals surface area (Å²) < 4.78 is 0. The molecule has 54 valence electrons. The molecule has 0 rings (SSSR count). The third kappa shape index (κ3) is 2.92. The highest BCUT2D eigenvalue weighted by Crippen LogP contribution is 2.00. The highest BCUT2D eigenvalue weighted by atomic mass is 14.6. The summed E-state index contributed by atoms with van der Waals surface area (Å²) in [5.41, 5.74) is 6.98. The third-order valence-electron chi connectivity index (χ3n) is 1.09. The van der Waals surface area contributed by atoms with Crippen molar-refractivity contribution in [3.8, 4) is 0 Å². The average molecular weight is 135 g/mol. The Balaban J connectivity index is 4.18. The maximum atomic E-state index is 5.55. The summed E-state index contributed by atoms with van der Waals surface area (Å²) >= 11 is 0. The second-order valence-electron chi connectivity index (χ2n) is 1.88. The van der Waals surface area contributed by atoms with E-state index in [-0.39, 0.29) is 0 Å². The van der Waals surface area contributed by atoms with E-state index in [4.69, 9.17) is 5.73 Å². The van der Waals surface area contributed by atoms with Crippen LogP contribution in [-0.2, 0) is 0 Å². The molecule has 0 heterocycles. The molecule has 0 unspecified atom stereocenters. The Hall–Kier alpha value is -1.24. The molecule has 1 nitrogen and oxygen atoms in total. The van der Waals surface area contributed by atoms with Gasteiger partial charge in [-0.25, -0.2) is 0 Å². The van der Waals surface area contributed by atoms with Crippen LogP contribution in [0.3, 0.4) is 0 Å². The van der Waals surface area contributed by atoms with E-state index < -0.39 is 0 Å². The minimum atomic E-state index is 0.660. The summed E-state index contributed by atoms with van der Waals surface area (Å²) in [6.07, 6.45) is 7.20. The molecule has 0 fully saturated rings. The van der Waals surface area contributed by atoms with E-state index in [0.29, 0.717) is 5.70 Å². The first-order valence-electron chi connectivity index (χ1n) is 3.12. The van der Waals surface area contributed by atoms with Gasteiger partial charge in [-0.2, -0.15) is 0 Å². The zero-order chi connectivity index (χ0) is 7.98. The quantitative estimate of drug-likeness (QED) is 0.589.